The summed E-state index contributed by atoms with van der Waals surface area (Å²) in [4.78, 5) is 28.8. The number of halogens is 3. The molecular formula is C31H31F3N4O3. The van der Waals surface area contributed by atoms with Gasteiger partial charge in [0.25, 0.3) is 17.8 Å². The first-order chi connectivity index (χ1) is 19.5. The summed E-state index contributed by atoms with van der Waals surface area (Å²) in [5.41, 5.74) is 2.68. The topological polar surface area (TPSA) is 96.3 Å². The third kappa shape index (κ3) is 7.53. The molecule has 0 spiro atoms. The van der Waals surface area contributed by atoms with Crippen molar-refractivity contribution in [3.05, 3.63) is 95.4 Å². The Balaban J connectivity index is 1.42. The van der Waals surface area contributed by atoms with Crippen molar-refractivity contribution < 1.29 is 27.2 Å². The molecular weight excluding hydrogens is 533 g/mol. The molecule has 214 valence electrons. The summed E-state index contributed by atoms with van der Waals surface area (Å²) in [7, 11) is 0. The Morgan fingerprint density at radius 3 is 2.15 bits per heavy atom. The van der Waals surface area contributed by atoms with Gasteiger partial charge in [-0.05, 0) is 66.3 Å². The van der Waals surface area contributed by atoms with Crippen molar-refractivity contribution in [3.8, 4) is 11.1 Å². The monoisotopic (exact) mass is 564 g/mol. The number of oxazole rings is 1. The Morgan fingerprint density at radius 1 is 0.902 bits per heavy atom. The average Bonchev–Trinajstić information content (AvgIpc) is 3.39. The first kappa shape index (κ1) is 29.4. The molecule has 1 aromatic heterocycles. The fourth-order valence-corrected chi connectivity index (χ4v) is 4.25. The SMILES string of the molecule is CCCC(C)CNc1nc(C(F)(F)F)c(C(=O)Nc2ccc(-c3ccc(C(=O)Nc4ccccc4C)cc3)cc2)o1. The van der Waals surface area contributed by atoms with Gasteiger partial charge in [-0.25, -0.2) is 0 Å². The highest BCUT2D eigenvalue weighted by molar-refractivity contribution is 6.05. The van der Waals surface area contributed by atoms with Crippen LogP contribution in [0.1, 0.15) is 58.9 Å². The van der Waals surface area contributed by atoms with Gasteiger partial charge in [-0.3, -0.25) is 9.59 Å². The number of anilines is 3. The smallest absolute Gasteiger partial charge is 0.418 e. The fraction of sp³-hybridized carbons (Fsp3) is 0.258. The molecule has 0 fully saturated rings. The first-order valence-corrected chi connectivity index (χ1v) is 13.3. The second-order valence-corrected chi connectivity index (χ2v) is 9.85. The summed E-state index contributed by atoms with van der Waals surface area (Å²) in [5.74, 6) is -2.00. The molecule has 3 N–H and O–H groups in total. The van der Waals surface area contributed by atoms with Gasteiger partial charge in [0, 0.05) is 23.5 Å². The first-order valence-electron chi connectivity index (χ1n) is 13.3. The van der Waals surface area contributed by atoms with Crippen LogP contribution in [-0.2, 0) is 6.18 Å². The zero-order valence-electron chi connectivity index (χ0n) is 22.9. The van der Waals surface area contributed by atoms with E-state index in [0.29, 0.717) is 12.1 Å². The molecule has 0 aliphatic rings. The molecule has 4 rings (SSSR count). The van der Waals surface area contributed by atoms with Crippen LogP contribution in [0.25, 0.3) is 11.1 Å². The Labute approximate surface area is 236 Å². The van der Waals surface area contributed by atoms with Gasteiger partial charge in [-0.2, -0.15) is 18.2 Å². The van der Waals surface area contributed by atoms with Gasteiger partial charge in [0.05, 0.1) is 0 Å². The fourth-order valence-electron chi connectivity index (χ4n) is 4.25. The minimum atomic E-state index is -4.86. The molecule has 10 heteroatoms. The Kier molecular flexibility index (Phi) is 9.11. The van der Waals surface area contributed by atoms with E-state index in [2.05, 4.69) is 20.9 Å². The minimum Gasteiger partial charge on any atom is -0.418 e. The second kappa shape index (κ2) is 12.7. The van der Waals surface area contributed by atoms with Gasteiger partial charge < -0.3 is 20.4 Å². The lowest BCUT2D eigenvalue weighted by atomic mass is 10.0. The summed E-state index contributed by atoms with van der Waals surface area (Å²) in [5, 5.41) is 8.09. The average molecular weight is 565 g/mol. The second-order valence-electron chi connectivity index (χ2n) is 9.85. The van der Waals surface area contributed by atoms with E-state index in [1.807, 2.05) is 45.0 Å². The number of hydrogen-bond acceptors (Lipinski definition) is 5. The molecule has 1 atom stereocenters. The van der Waals surface area contributed by atoms with Gasteiger partial charge >= 0.3 is 6.18 Å². The molecule has 0 aliphatic carbocycles. The summed E-state index contributed by atoms with van der Waals surface area (Å²) in [6.45, 7) is 6.25. The Bertz CT molecular complexity index is 1500. The number of aromatic nitrogens is 1. The van der Waals surface area contributed by atoms with E-state index >= 15 is 0 Å². The maximum Gasteiger partial charge on any atom is 0.437 e. The molecule has 2 amide bonds. The van der Waals surface area contributed by atoms with Gasteiger partial charge in [0.15, 0.2) is 5.69 Å². The van der Waals surface area contributed by atoms with Crippen molar-refractivity contribution >= 4 is 29.2 Å². The van der Waals surface area contributed by atoms with Crippen LogP contribution < -0.4 is 16.0 Å². The number of benzene rings is 3. The van der Waals surface area contributed by atoms with Crippen molar-refractivity contribution in [2.24, 2.45) is 5.92 Å². The van der Waals surface area contributed by atoms with E-state index in [0.717, 1.165) is 35.2 Å². The van der Waals surface area contributed by atoms with Crippen molar-refractivity contribution in [2.75, 3.05) is 22.5 Å². The molecule has 4 aromatic rings. The van der Waals surface area contributed by atoms with Crippen LogP contribution in [0.2, 0.25) is 0 Å². The van der Waals surface area contributed by atoms with Gasteiger partial charge in [-0.1, -0.05) is 62.7 Å². The number of carbonyl (C=O) groups is 2. The highest BCUT2D eigenvalue weighted by Gasteiger charge is 2.41. The van der Waals surface area contributed by atoms with Crippen molar-refractivity contribution in [1.29, 1.82) is 0 Å². The summed E-state index contributed by atoms with van der Waals surface area (Å²) in [6, 6.07) is 20.7. The van der Waals surface area contributed by atoms with Crippen LogP contribution in [-0.4, -0.2) is 23.3 Å². The van der Waals surface area contributed by atoms with Gasteiger partial charge in [0.2, 0.25) is 5.76 Å². The number of hydrogen-bond donors (Lipinski definition) is 3. The van der Waals surface area contributed by atoms with E-state index in [1.54, 1.807) is 48.5 Å². The van der Waals surface area contributed by atoms with E-state index in [9.17, 15) is 22.8 Å². The van der Waals surface area contributed by atoms with Crippen LogP contribution >= 0.6 is 0 Å². The third-order valence-corrected chi connectivity index (χ3v) is 6.50. The number of aryl methyl sites for hydroxylation is 1. The normalized spacial score (nSPS) is 12.0. The Hall–Kier alpha value is -4.60. The van der Waals surface area contributed by atoms with E-state index in [-0.39, 0.29) is 23.5 Å². The van der Waals surface area contributed by atoms with Gasteiger partial charge in [-0.15, -0.1) is 0 Å². The van der Waals surface area contributed by atoms with E-state index in [4.69, 9.17) is 4.42 Å². The lowest BCUT2D eigenvalue weighted by Crippen LogP contribution is -2.17. The number of nitrogens with zero attached hydrogens (tertiary/aromatic N) is 1. The number of alkyl halides is 3. The molecule has 0 aliphatic heterocycles. The molecule has 0 radical (unpaired) electrons. The zero-order valence-corrected chi connectivity index (χ0v) is 22.9. The maximum absolute atomic E-state index is 13.6. The maximum atomic E-state index is 13.6. The van der Waals surface area contributed by atoms with Crippen molar-refractivity contribution in [3.63, 3.8) is 0 Å². The van der Waals surface area contributed by atoms with Crippen LogP contribution in [0.4, 0.5) is 30.6 Å². The summed E-state index contributed by atoms with van der Waals surface area (Å²) >= 11 is 0. The van der Waals surface area contributed by atoms with E-state index in [1.165, 1.54) is 0 Å². The quantitative estimate of drug-likeness (QED) is 0.181. The minimum absolute atomic E-state index is 0.198. The van der Waals surface area contributed by atoms with Crippen molar-refractivity contribution in [1.82, 2.24) is 4.98 Å². The molecule has 41 heavy (non-hydrogen) atoms. The molecule has 0 saturated carbocycles. The number of rotatable bonds is 10. The van der Waals surface area contributed by atoms with Crippen molar-refractivity contribution in [2.45, 2.75) is 39.8 Å². The standard InChI is InChI=1S/C31H31F3N4O3/c1-4-7-19(2)18-35-30-38-27(31(32,33)34)26(41-30)29(40)36-24-16-14-22(15-17-24)21-10-12-23(13-11-21)28(39)37-25-9-6-5-8-20(25)3/h5-6,8-17,19H,4,7,18H2,1-3H3,(H,35,38)(H,36,40)(H,37,39). The van der Waals surface area contributed by atoms with Gasteiger partial charge in [0.1, 0.15) is 0 Å². The molecule has 1 unspecified atom stereocenters. The third-order valence-electron chi connectivity index (χ3n) is 6.50. The predicted molar refractivity (Wildman–Crippen MR) is 153 cm³/mol. The summed E-state index contributed by atoms with van der Waals surface area (Å²) < 4.78 is 45.9. The van der Waals surface area contributed by atoms with Crippen LogP contribution in [0.3, 0.4) is 0 Å². The molecule has 7 nitrogen and oxygen atoms in total. The predicted octanol–water partition coefficient (Wildman–Crippen LogP) is 8.02. The Morgan fingerprint density at radius 2 is 1.54 bits per heavy atom. The largest absolute Gasteiger partial charge is 0.437 e. The molecule has 1 heterocycles. The van der Waals surface area contributed by atoms with Crippen LogP contribution in [0, 0.1) is 12.8 Å². The van der Waals surface area contributed by atoms with Crippen LogP contribution in [0.15, 0.2) is 77.2 Å². The lowest BCUT2D eigenvalue weighted by Gasteiger charge is -2.10. The van der Waals surface area contributed by atoms with E-state index < -0.39 is 23.5 Å². The number of para-hydroxylation sites is 1. The number of carbonyl (C=O) groups excluding carboxylic acids is 2. The van der Waals surface area contributed by atoms with Crippen LogP contribution in [0.5, 0.6) is 0 Å². The molecule has 0 saturated heterocycles. The highest BCUT2D eigenvalue weighted by Crippen LogP contribution is 2.34. The number of amides is 2. The molecule has 0 bridgehead atoms. The number of nitrogens with one attached hydrogen (secondary N) is 3. The summed E-state index contributed by atoms with van der Waals surface area (Å²) in [6.07, 6.45) is -3.04. The lowest BCUT2D eigenvalue weighted by molar-refractivity contribution is -0.141. The highest BCUT2D eigenvalue weighted by atomic mass is 19.4. The molecule has 3 aromatic carbocycles. The zero-order chi connectivity index (χ0) is 29.6.